The molecule has 0 fully saturated rings. The summed E-state index contributed by atoms with van der Waals surface area (Å²) in [5, 5.41) is 7.15. The summed E-state index contributed by atoms with van der Waals surface area (Å²) < 4.78 is 0. The quantitative estimate of drug-likeness (QED) is 0.441. The number of rotatable bonds is 3. The van der Waals surface area contributed by atoms with Crippen molar-refractivity contribution in [3.63, 3.8) is 0 Å². The molecule has 0 saturated carbocycles. The molecule has 0 aromatic rings. The minimum atomic E-state index is 0.428. The largest absolute Gasteiger partial charge is 0.287 e. The van der Waals surface area contributed by atoms with Crippen molar-refractivity contribution in [3.05, 3.63) is 12.7 Å². The van der Waals surface area contributed by atoms with Crippen LogP contribution >= 0.6 is 0 Å². The molecule has 1 N–H and O–H groups in total. The van der Waals surface area contributed by atoms with Crippen LogP contribution in [0.4, 0.5) is 0 Å². The maximum absolute atomic E-state index is 7.15. The lowest BCUT2D eigenvalue weighted by Crippen LogP contribution is -1.88. The standard InChI is InChI=1S/C7H12N2/c1-3-5-7(8)9-6-4-2/h4,6,8H,2-3,5H2,1H3. The lowest BCUT2D eigenvalue weighted by Gasteiger charge is -1.89. The first-order valence-electron chi connectivity index (χ1n) is 3.03. The van der Waals surface area contributed by atoms with Crippen LogP contribution in [-0.4, -0.2) is 12.1 Å². The van der Waals surface area contributed by atoms with Gasteiger partial charge in [-0.3, -0.25) is 5.41 Å². The van der Waals surface area contributed by atoms with Gasteiger partial charge in [-0.15, -0.1) is 0 Å². The van der Waals surface area contributed by atoms with Crippen LogP contribution in [0.15, 0.2) is 17.6 Å². The highest BCUT2D eigenvalue weighted by atomic mass is 14.8. The number of amidine groups is 1. The van der Waals surface area contributed by atoms with Gasteiger partial charge in [0.2, 0.25) is 0 Å². The Morgan fingerprint density at radius 2 is 2.44 bits per heavy atom. The number of nitrogens with one attached hydrogen (secondary N) is 1. The van der Waals surface area contributed by atoms with Crippen LogP contribution < -0.4 is 0 Å². The molecule has 0 aromatic heterocycles. The maximum atomic E-state index is 7.15. The summed E-state index contributed by atoms with van der Waals surface area (Å²) in [6.07, 6.45) is 4.85. The summed E-state index contributed by atoms with van der Waals surface area (Å²) in [6, 6.07) is 0. The molecule has 0 spiro atoms. The zero-order valence-electron chi connectivity index (χ0n) is 5.72. The van der Waals surface area contributed by atoms with E-state index in [2.05, 4.69) is 11.6 Å². The fourth-order valence-corrected chi connectivity index (χ4v) is 0.444. The molecular weight excluding hydrogens is 112 g/mol. The molecule has 0 aromatic carbocycles. The molecule has 0 saturated heterocycles. The molecule has 0 bridgehead atoms. The normalized spacial score (nSPS) is 9.89. The van der Waals surface area contributed by atoms with Crippen LogP contribution in [0, 0.1) is 5.41 Å². The van der Waals surface area contributed by atoms with Gasteiger partial charge in [-0.2, -0.15) is 0 Å². The van der Waals surface area contributed by atoms with E-state index in [-0.39, 0.29) is 0 Å². The van der Waals surface area contributed by atoms with Gasteiger partial charge in [-0.25, -0.2) is 4.99 Å². The fraction of sp³-hybridized carbons (Fsp3) is 0.429. The Balaban J connectivity index is 3.49. The highest BCUT2D eigenvalue weighted by Crippen LogP contribution is 1.88. The average Bonchev–Trinajstić information content (AvgIpc) is 1.85. The van der Waals surface area contributed by atoms with Crippen LogP contribution in [-0.2, 0) is 0 Å². The molecular formula is C7H12N2. The number of hydrogen-bond donors (Lipinski definition) is 1. The van der Waals surface area contributed by atoms with E-state index >= 15 is 0 Å². The summed E-state index contributed by atoms with van der Waals surface area (Å²) in [5.74, 6) is 0.428. The van der Waals surface area contributed by atoms with E-state index in [0.717, 1.165) is 12.8 Å². The Hall–Kier alpha value is -0.920. The van der Waals surface area contributed by atoms with Crippen LogP contribution in [0.5, 0.6) is 0 Å². The monoisotopic (exact) mass is 124 g/mol. The lowest BCUT2D eigenvalue weighted by molar-refractivity contribution is 0.977. The molecule has 0 rings (SSSR count). The summed E-state index contributed by atoms with van der Waals surface area (Å²) in [6.45, 7) is 5.47. The van der Waals surface area contributed by atoms with E-state index in [0.29, 0.717) is 5.84 Å². The van der Waals surface area contributed by atoms with Crippen molar-refractivity contribution in [1.29, 1.82) is 5.41 Å². The summed E-state index contributed by atoms with van der Waals surface area (Å²) in [4.78, 5) is 3.77. The van der Waals surface area contributed by atoms with Gasteiger partial charge < -0.3 is 0 Å². The third-order valence-electron chi connectivity index (χ3n) is 0.823. The van der Waals surface area contributed by atoms with Gasteiger partial charge in [0, 0.05) is 12.6 Å². The van der Waals surface area contributed by atoms with E-state index in [9.17, 15) is 0 Å². The molecule has 0 aliphatic heterocycles. The van der Waals surface area contributed by atoms with Crippen molar-refractivity contribution in [1.82, 2.24) is 0 Å². The van der Waals surface area contributed by atoms with Crippen LogP contribution in [0.1, 0.15) is 19.8 Å². The molecule has 0 unspecified atom stereocenters. The zero-order valence-corrected chi connectivity index (χ0v) is 5.72. The molecule has 0 aliphatic rings. The summed E-state index contributed by atoms with van der Waals surface area (Å²) >= 11 is 0. The predicted octanol–water partition coefficient (Wildman–Crippen LogP) is 2.02. The highest BCUT2D eigenvalue weighted by Gasteiger charge is 1.85. The molecule has 0 radical (unpaired) electrons. The predicted molar refractivity (Wildman–Crippen MR) is 41.3 cm³/mol. The minimum absolute atomic E-state index is 0.428. The Morgan fingerprint density at radius 1 is 1.78 bits per heavy atom. The Labute approximate surface area is 55.8 Å². The fourth-order valence-electron chi connectivity index (χ4n) is 0.444. The third-order valence-corrected chi connectivity index (χ3v) is 0.823. The first-order chi connectivity index (χ1) is 4.31. The number of allylic oxidation sites excluding steroid dienone is 1. The molecule has 2 nitrogen and oxygen atoms in total. The average molecular weight is 124 g/mol. The maximum Gasteiger partial charge on any atom is 0.120 e. The SMILES string of the molecule is C=CC=NC(=N)CCC. The van der Waals surface area contributed by atoms with E-state index in [1.807, 2.05) is 6.92 Å². The van der Waals surface area contributed by atoms with Gasteiger partial charge in [0.15, 0.2) is 0 Å². The van der Waals surface area contributed by atoms with Crippen molar-refractivity contribution in [2.45, 2.75) is 19.8 Å². The smallest absolute Gasteiger partial charge is 0.120 e. The van der Waals surface area contributed by atoms with Gasteiger partial charge in [0.1, 0.15) is 5.84 Å². The van der Waals surface area contributed by atoms with Crippen LogP contribution in [0.3, 0.4) is 0 Å². The number of aliphatic imine (C=N–C) groups is 1. The van der Waals surface area contributed by atoms with Crippen molar-refractivity contribution < 1.29 is 0 Å². The Kier molecular flexibility index (Phi) is 4.69. The van der Waals surface area contributed by atoms with Crippen LogP contribution in [0.25, 0.3) is 0 Å². The van der Waals surface area contributed by atoms with E-state index in [1.54, 1.807) is 6.08 Å². The van der Waals surface area contributed by atoms with Crippen LogP contribution in [0.2, 0.25) is 0 Å². The second-order valence-corrected chi connectivity index (χ2v) is 1.71. The molecule has 9 heavy (non-hydrogen) atoms. The van der Waals surface area contributed by atoms with Gasteiger partial charge in [0.05, 0.1) is 0 Å². The molecule has 0 heterocycles. The Bertz CT molecular complexity index is 125. The summed E-state index contributed by atoms with van der Waals surface area (Å²) in [5.41, 5.74) is 0. The van der Waals surface area contributed by atoms with Gasteiger partial charge in [0.25, 0.3) is 0 Å². The molecule has 50 valence electrons. The zero-order chi connectivity index (χ0) is 7.11. The van der Waals surface area contributed by atoms with Crippen molar-refractivity contribution in [3.8, 4) is 0 Å². The van der Waals surface area contributed by atoms with E-state index in [1.165, 1.54) is 6.21 Å². The highest BCUT2D eigenvalue weighted by molar-refractivity contribution is 5.89. The lowest BCUT2D eigenvalue weighted by atomic mass is 10.3. The minimum Gasteiger partial charge on any atom is -0.287 e. The topological polar surface area (TPSA) is 36.2 Å². The second-order valence-electron chi connectivity index (χ2n) is 1.71. The van der Waals surface area contributed by atoms with Gasteiger partial charge in [-0.1, -0.05) is 19.6 Å². The number of hydrogen-bond acceptors (Lipinski definition) is 1. The third kappa shape index (κ3) is 4.94. The van der Waals surface area contributed by atoms with Crippen molar-refractivity contribution in [2.24, 2.45) is 4.99 Å². The second kappa shape index (κ2) is 5.22. The van der Waals surface area contributed by atoms with E-state index < -0.39 is 0 Å². The van der Waals surface area contributed by atoms with Crippen molar-refractivity contribution in [2.75, 3.05) is 0 Å². The summed E-state index contributed by atoms with van der Waals surface area (Å²) in [7, 11) is 0. The van der Waals surface area contributed by atoms with Gasteiger partial charge >= 0.3 is 0 Å². The van der Waals surface area contributed by atoms with Crippen molar-refractivity contribution >= 4 is 12.1 Å². The Morgan fingerprint density at radius 3 is 2.89 bits per heavy atom. The molecule has 0 atom stereocenters. The van der Waals surface area contributed by atoms with Gasteiger partial charge in [-0.05, 0) is 6.42 Å². The first kappa shape index (κ1) is 8.08. The molecule has 2 heteroatoms. The van der Waals surface area contributed by atoms with E-state index in [4.69, 9.17) is 5.41 Å². The molecule has 0 aliphatic carbocycles. The molecule has 0 amide bonds. The first-order valence-corrected chi connectivity index (χ1v) is 3.03. The number of nitrogens with zero attached hydrogens (tertiary/aromatic N) is 1.